The first-order chi connectivity index (χ1) is 11.1. The number of benzene rings is 1. The van der Waals surface area contributed by atoms with E-state index >= 15 is 0 Å². The first-order valence-electron chi connectivity index (χ1n) is 7.18. The highest BCUT2D eigenvalue weighted by Crippen LogP contribution is 2.28. The Balaban J connectivity index is 1.70. The summed E-state index contributed by atoms with van der Waals surface area (Å²) in [5.41, 5.74) is 0.762. The number of nitrogens with zero attached hydrogens (tertiary/aromatic N) is 3. The van der Waals surface area contributed by atoms with Crippen LogP contribution in [-0.2, 0) is 0 Å². The highest BCUT2D eigenvalue weighted by molar-refractivity contribution is 6.33. The normalized spacial score (nSPS) is 14.9. The molecule has 0 radical (unpaired) electrons. The molecule has 0 atom stereocenters. The SMILES string of the molecule is O=C(c1cccc(O)c1)N1CCN(c2c(F)cncc2Cl)CC1. The lowest BCUT2D eigenvalue weighted by molar-refractivity contribution is 0.0746. The maximum absolute atomic E-state index is 13.9. The summed E-state index contributed by atoms with van der Waals surface area (Å²) in [6.45, 7) is 1.86. The number of rotatable bonds is 2. The molecule has 7 heteroatoms. The van der Waals surface area contributed by atoms with Crippen LogP contribution in [-0.4, -0.2) is 47.1 Å². The molecule has 1 aromatic heterocycles. The number of aromatic nitrogens is 1. The highest BCUT2D eigenvalue weighted by Gasteiger charge is 2.25. The van der Waals surface area contributed by atoms with E-state index in [1.165, 1.54) is 18.3 Å². The summed E-state index contributed by atoms with van der Waals surface area (Å²) >= 11 is 6.02. The lowest BCUT2D eigenvalue weighted by Crippen LogP contribution is -2.49. The largest absolute Gasteiger partial charge is 0.508 e. The molecule has 120 valence electrons. The van der Waals surface area contributed by atoms with Gasteiger partial charge in [0.25, 0.3) is 5.91 Å². The maximum Gasteiger partial charge on any atom is 0.254 e. The van der Waals surface area contributed by atoms with Crippen molar-refractivity contribution in [3.8, 4) is 5.75 Å². The zero-order chi connectivity index (χ0) is 16.4. The van der Waals surface area contributed by atoms with Gasteiger partial charge in [0.05, 0.1) is 16.9 Å². The maximum atomic E-state index is 13.9. The van der Waals surface area contributed by atoms with Gasteiger partial charge in [-0.3, -0.25) is 9.78 Å². The van der Waals surface area contributed by atoms with Crippen molar-refractivity contribution < 1.29 is 14.3 Å². The lowest BCUT2D eigenvalue weighted by Gasteiger charge is -2.36. The number of phenolic OH excluding ortho intramolecular Hbond substituents is 1. The highest BCUT2D eigenvalue weighted by atomic mass is 35.5. The van der Waals surface area contributed by atoms with Gasteiger partial charge in [-0.2, -0.15) is 0 Å². The molecule has 3 rings (SSSR count). The molecule has 0 saturated carbocycles. The van der Waals surface area contributed by atoms with Crippen LogP contribution in [0.25, 0.3) is 0 Å². The van der Waals surface area contributed by atoms with Crippen molar-refractivity contribution >= 4 is 23.2 Å². The second-order valence-electron chi connectivity index (χ2n) is 5.28. The number of piperazine rings is 1. The van der Waals surface area contributed by atoms with E-state index in [1.54, 1.807) is 17.0 Å². The number of anilines is 1. The molecule has 1 N–H and O–H groups in total. The van der Waals surface area contributed by atoms with Crippen molar-refractivity contribution in [3.05, 3.63) is 53.1 Å². The zero-order valence-electron chi connectivity index (χ0n) is 12.2. The Kier molecular flexibility index (Phi) is 4.34. The van der Waals surface area contributed by atoms with Crippen molar-refractivity contribution in [1.82, 2.24) is 9.88 Å². The predicted octanol–water partition coefficient (Wildman–Crippen LogP) is 2.54. The van der Waals surface area contributed by atoms with Crippen molar-refractivity contribution in [2.45, 2.75) is 0 Å². The molecule has 5 nitrogen and oxygen atoms in total. The molecule has 2 aromatic rings. The van der Waals surface area contributed by atoms with Crippen LogP contribution in [0.5, 0.6) is 5.75 Å². The molecule has 1 aromatic carbocycles. The number of hydrogen-bond acceptors (Lipinski definition) is 4. The third-order valence-electron chi connectivity index (χ3n) is 3.80. The summed E-state index contributed by atoms with van der Waals surface area (Å²) in [7, 11) is 0. The molecule has 0 unspecified atom stereocenters. The van der Waals surface area contributed by atoms with Gasteiger partial charge in [-0.25, -0.2) is 4.39 Å². The quantitative estimate of drug-likeness (QED) is 0.916. The standard InChI is InChI=1S/C16H15ClFN3O2/c17-13-9-19-10-14(18)15(13)20-4-6-21(7-5-20)16(23)11-2-1-3-12(22)8-11/h1-3,8-10,22H,4-7H2. The minimum atomic E-state index is -0.467. The Morgan fingerprint density at radius 3 is 2.61 bits per heavy atom. The topological polar surface area (TPSA) is 56.7 Å². The summed E-state index contributed by atoms with van der Waals surface area (Å²) in [5, 5.41) is 9.73. The number of amides is 1. The van der Waals surface area contributed by atoms with Gasteiger partial charge < -0.3 is 14.9 Å². The molecule has 1 saturated heterocycles. The second kappa shape index (κ2) is 6.42. The van der Waals surface area contributed by atoms with Crippen molar-refractivity contribution in [2.75, 3.05) is 31.1 Å². The molecule has 2 heterocycles. The van der Waals surface area contributed by atoms with E-state index in [9.17, 15) is 14.3 Å². The molecule has 1 fully saturated rings. The number of phenols is 1. The van der Waals surface area contributed by atoms with Crippen molar-refractivity contribution in [1.29, 1.82) is 0 Å². The van der Waals surface area contributed by atoms with Gasteiger partial charge in [0, 0.05) is 37.9 Å². The fourth-order valence-corrected chi connectivity index (χ4v) is 2.93. The van der Waals surface area contributed by atoms with Crippen LogP contribution in [0, 0.1) is 5.82 Å². The van der Waals surface area contributed by atoms with E-state index in [0.29, 0.717) is 37.4 Å². The second-order valence-corrected chi connectivity index (χ2v) is 5.69. The van der Waals surface area contributed by atoms with Gasteiger partial charge in [-0.15, -0.1) is 0 Å². The molecule has 23 heavy (non-hydrogen) atoms. The van der Waals surface area contributed by atoms with E-state index in [4.69, 9.17) is 11.6 Å². The van der Waals surface area contributed by atoms with Crippen LogP contribution >= 0.6 is 11.6 Å². The Bertz CT molecular complexity index is 713. The van der Waals surface area contributed by atoms with Gasteiger partial charge in [0.2, 0.25) is 0 Å². The number of hydrogen-bond donors (Lipinski definition) is 1. The van der Waals surface area contributed by atoms with Gasteiger partial charge >= 0.3 is 0 Å². The Morgan fingerprint density at radius 1 is 1.22 bits per heavy atom. The van der Waals surface area contributed by atoms with Gasteiger partial charge in [-0.05, 0) is 18.2 Å². The van der Waals surface area contributed by atoms with E-state index in [2.05, 4.69) is 4.98 Å². The summed E-state index contributed by atoms with van der Waals surface area (Å²) in [5.74, 6) is -0.563. The monoisotopic (exact) mass is 335 g/mol. The molecule has 1 aliphatic heterocycles. The first-order valence-corrected chi connectivity index (χ1v) is 7.56. The van der Waals surface area contributed by atoms with Crippen LogP contribution in [0.3, 0.4) is 0 Å². The predicted molar refractivity (Wildman–Crippen MR) is 85.4 cm³/mol. The third-order valence-corrected chi connectivity index (χ3v) is 4.08. The van der Waals surface area contributed by atoms with E-state index in [0.717, 1.165) is 6.20 Å². The number of carbonyl (C=O) groups excluding carboxylic acids is 1. The molecule has 0 spiro atoms. The summed E-state index contributed by atoms with van der Waals surface area (Å²) < 4.78 is 13.9. The smallest absolute Gasteiger partial charge is 0.254 e. The lowest BCUT2D eigenvalue weighted by atomic mass is 10.1. The minimum absolute atomic E-state index is 0.0557. The number of halogens is 2. The zero-order valence-corrected chi connectivity index (χ0v) is 13.0. The van der Waals surface area contributed by atoms with Crippen molar-refractivity contribution in [2.24, 2.45) is 0 Å². The summed E-state index contributed by atoms with van der Waals surface area (Å²) in [4.78, 5) is 19.6. The fourth-order valence-electron chi connectivity index (χ4n) is 2.66. The van der Waals surface area contributed by atoms with E-state index in [-0.39, 0.29) is 16.7 Å². The van der Waals surface area contributed by atoms with Crippen molar-refractivity contribution in [3.63, 3.8) is 0 Å². The number of aromatic hydroxyl groups is 1. The fraction of sp³-hybridized carbons (Fsp3) is 0.250. The van der Waals surface area contributed by atoms with Gasteiger partial charge in [-0.1, -0.05) is 17.7 Å². The van der Waals surface area contributed by atoms with Crippen LogP contribution in [0.1, 0.15) is 10.4 Å². The first kappa shape index (κ1) is 15.6. The Labute approximate surface area is 137 Å². The van der Waals surface area contributed by atoms with E-state index in [1.807, 2.05) is 4.90 Å². The molecule has 1 aliphatic rings. The third kappa shape index (κ3) is 3.22. The van der Waals surface area contributed by atoms with Crippen LogP contribution < -0.4 is 4.90 Å². The molecular weight excluding hydrogens is 321 g/mol. The van der Waals surface area contributed by atoms with Crippen LogP contribution in [0.15, 0.2) is 36.7 Å². The van der Waals surface area contributed by atoms with Gasteiger partial charge in [0.1, 0.15) is 5.75 Å². The molecule has 0 aliphatic carbocycles. The van der Waals surface area contributed by atoms with E-state index < -0.39 is 5.82 Å². The number of pyridine rings is 1. The summed E-state index contributed by atoms with van der Waals surface area (Å²) in [6.07, 6.45) is 2.54. The summed E-state index contributed by atoms with van der Waals surface area (Å²) in [6, 6.07) is 6.25. The Hall–Kier alpha value is -2.34. The molecule has 1 amide bonds. The van der Waals surface area contributed by atoms with Gasteiger partial charge in [0.15, 0.2) is 5.82 Å². The number of carbonyl (C=O) groups is 1. The average Bonchev–Trinajstić information content (AvgIpc) is 2.55. The van der Waals surface area contributed by atoms with Crippen LogP contribution in [0.2, 0.25) is 5.02 Å². The Morgan fingerprint density at radius 2 is 1.96 bits per heavy atom. The average molecular weight is 336 g/mol. The molecule has 0 bridgehead atoms. The minimum Gasteiger partial charge on any atom is -0.508 e. The van der Waals surface area contributed by atoms with Crippen LogP contribution in [0.4, 0.5) is 10.1 Å². The molecular formula is C16H15ClFN3O2.